The molecule has 2 amide bonds. The van der Waals surface area contributed by atoms with Gasteiger partial charge in [-0.2, -0.15) is 0 Å². The van der Waals surface area contributed by atoms with Crippen LogP contribution in [0.4, 0.5) is 10.1 Å². The summed E-state index contributed by atoms with van der Waals surface area (Å²) in [4.78, 5) is 25.2. The van der Waals surface area contributed by atoms with Crippen molar-refractivity contribution < 1.29 is 19.1 Å². The van der Waals surface area contributed by atoms with E-state index in [1.54, 1.807) is 7.05 Å². The van der Waals surface area contributed by atoms with Crippen LogP contribution in [-0.2, 0) is 9.59 Å². The Bertz CT molecular complexity index is 519. The van der Waals surface area contributed by atoms with Crippen LogP contribution in [0.5, 0.6) is 0 Å². The van der Waals surface area contributed by atoms with Gasteiger partial charge in [0.25, 0.3) is 0 Å². The molecule has 1 aliphatic rings. The fourth-order valence-corrected chi connectivity index (χ4v) is 2.18. The standard InChI is InChI=1S/C13H15FN2O3/c1-16(4-5-17)13(19)10-7-12(18)15-11-6-8(14)2-3-9(10)11/h2-3,6,10,17H,4-5,7H2,1H3,(H,15,18). The first-order valence-electron chi connectivity index (χ1n) is 5.98. The van der Waals surface area contributed by atoms with E-state index in [1.165, 1.54) is 23.1 Å². The van der Waals surface area contributed by atoms with Gasteiger partial charge in [0.05, 0.1) is 12.5 Å². The van der Waals surface area contributed by atoms with Crippen molar-refractivity contribution in [2.45, 2.75) is 12.3 Å². The molecule has 6 heteroatoms. The monoisotopic (exact) mass is 266 g/mol. The van der Waals surface area contributed by atoms with E-state index in [9.17, 15) is 14.0 Å². The molecule has 0 radical (unpaired) electrons. The first-order chi connectivity index (χ1) is 9.02. The Labute approximate surface area is 110 Å². The van der Waals surface area contributed by atoms with Gasteiger partial charge >= 0.3 is 0 Å². The maximum absolute atomic E-state index is 13.1. The van der Waals surface area contributed by atoms with Gasteiger partial charge in [-0.05, 0) is 17.7 Å². The van der Waals surface area contributed by atoms with Crippen LogP contribution in [0.3, 0.4) is 0 Å². The summed E-state index contributed by atoms with van der Waals surface area (Å²) in [6.45, 7) is 0.0604. The van der Waals surface area contributed by atoms with E-state index in [0.29, 0.717) is 11.3 Å². The van der Waals surface area contributed by atoms with Crippen molar-refractivity contribution in [1.29, 1.82) is 0 Å². The van der Waals surface area contributed by atoms with Crippen LogP contribution in [0.15, 0.2) is 18.2 Å². The number of nitrogens with one attached hydrogen (secondary N) is 1. The van der Waals surface area contributed by atoms with Gasteiger partial charge in [0.15, 0.2) is 0 Å². The SMILES string of the molecule is CN(CCO)C(=O)C1CC(=O)Nc2cc(F)ccc21. The molecule has 2 N–H and O–H groups in total. The van der Waals surface area contributed by atoms with E-state index in [4.69, 9.17) is 5.11 Å². The molecule has 1 atom stereocenters. The predicted molar refractivity (Wildman–Crippen MR) is 67.1 cm³/mol. The maximum Gasteiger partial charge on any atom is 0.230 e. The smallest absolute Gasteiger partial charge is 0.230 e. The number of aliphatic hydroxyl groups is 1. The molecule has 1 unspecified atom stereocenters. The number of likely N-dealkylation sites (N-methyl/N-ethyl adjacent to an activating group) is 1. The Kier molecular flexibility index (Phi) is 3.80. The van der Waals surface area contributed by atoms with Crippen molar-refractivity contribution in [1.82, 2.24) is 4.90 Å². The lowest BCUT2D eigenvalue weighted by Crippen LogP contribution is -2.37. The maximum atomic E-state index is 13.1. The van der Waals surface area contributed by atoms with Crippen molar-refractivity contribution >= 4 is 17.5 Å². The van der Waals surface area contributed by atoms with E-state index in [2.05, 4.69) is 5.32 Å². The summed E-state index contributed by atoms with van der Waals surface area (Å²) in [7, 11) is 1.56. The third kappa shape index (κ3) is 2.73. The lowest BCUT2D eigenvalue weighted by Gasteiger charge is -2.28. The molecule has 0 spiro atoms. The molecule has 0 aliphatic carbocycles. The molecule has 1 heterocycles. The normalized spacial score (nSPS) is 17.6. The van der Waals surface area contributed by atoms with E-state index in [1.807, 2.05) is 0 Å². The van der Waals surface area contributed by atoms with Gasteiger partial charge < -0.3 is 15.3 Å². The number of aliphatic hydroxyl groups excluding tert-OH is 1. The minimum absolute atomic E-state index is 0.0350. The molecule has 102 valence electrons. The second kappa shape index (κ2) is 5.36. The Morgan fingerprint density at radius 3 is 3.00 bits per heavy atom. The van der Waals surface area contributed by atoms with Crippen molar-refractivity contribution in [2.24, 2.45) is 0 Å². The van der Waals surface area contributed by atoms with Crippen molar-refractivity contribution in [3.05, 3.63) is 29.6 Å². The summed E-state index contributed by atoms with van der Waals surface area (Å²) in [6, 6.07) is 3.99. The Morgan fingerprint density at radius 1 is 1.58 bits per heavy atom. The molecule has 0 saturated heterocycles. The number of amides is 2. The lowest BCUT2D eigenvalue weighted by atomic mass is 9.89. The van der Waals surface area contributed by atoms with Crippen LogP contribution in [0.1, 0.15) is 17.9 Å². The van der Waals surface area contributed by atoms with Gasteiger partial charge in [-0.1, -0.05) is 6.07 Å². The molecule has 1 aromatic carbocycles. The zero-order valence-corrected chi connectivity index (χ0v) is 10.5. The quantitative estimate of drug-likeness (QED) is 0.846. The molecule has 19 heavy (non-hydrogen) atoms. The molecular weight excluding hydrogens is 251 g/mol. The number of hydrogen-bond donors (Lipinski definition) is 2. The van der Waals surface area contributed by atoms with Crippen molar-refractivity contribution in [3.8, 4) is 0 Å². The molecule has 0 aromatic heterocycles. The zero-order valence-electron chi connectivity index (χ0n) is 10.5. The van der Waals surface area contributed by atoms with E-state index in [-0.39, 0.29) is 31.4 Å². The highest BCUT2D eigenvalue weighted by Crippen LogP contribution is 2.33. The Balaban J connectivity index is 2.32. The fourth-order valence-electron chi connectivity index (χ4n) is 2.18. The van der Waals surface area contributed by atoms with Gasteiger partial charge in [-0.3, -0.25) is 9.59 Å². The average Bonchev–Trinajstić information content (AvgIpc) is 2.36. The lowest BCUT2D eigenvalue weighted by molar-refractivity contribution is -0.134. The zero-order chi connectivity index (χ0) is 14.0. The molecule has 1 aromatic rings. The number of fused-ring (bicyclic) bond motifs is 1. The third-order valence-corrected chi connectivity index (χ3v) is 3.16. The van der Waals surface area contributed by atoms with Crippen molar-refractivity contribution in [3.63, 3.8) is 0 Å². The van der Waals surface area contributed by atoms with Crippen LogP contribution in [-0.4, -0.2) is 42.0 Å². The largest absolute Gasteiger partial charge is 0.395 e. The first-order valence-corrected chi connectivity index (χ1v) is 5.98. The molecule has 0 bridgehead atoms. The minimum atomic E-state index is -0.624. The molecule has 0 fully saturated rings. The Morgan fingerprint density at radius 2 is 2.32 bits per heavy atom. The van der Waals surface area contributed by atoms with Crippen molar-refractivity contribution in [2.75, 3.05) is 25.5 Å². The minimum Gasteiger partial charge on any atom is -0.395 e. The van der Waals surface area contributed by atoms with Gasteiger partial charge in [0, 0.05) is 25.7 Å². The topological polar surface area (TPSA) is 69.6 Å². The number of anilines is 1. The summed E-state index contributed by atoms with van der Waals surface area (Å²) < 4.78 is 13.1. The Hall–Kier alpha value is -1.95. The number of nitrogens with zero attached hydrogens (tertiary/aromatic N) is 1. The fraction of sp³-hybridized carbons (Fsp3) is 0.385. The molecule has 1 aliphatic heterocycles. The van der Waals surface area contributed by atoms with Gasteiger partial charge in [0.2, 0.25) is 11.8 Å². The summed E-state index contributed by atoms with van der Waals surface area (Å²) in [5, 5.41) is 11.4. The number of carbonyl (C=O) groups is 2. The second-order valence-electron chi connectivity index (χ2n) is 4.52. The van der Waals surface area contributed by atoms with Gasteiger partial charge in [-0.15, -0.1) is 0 Å². The molecule has 2 rings (SSSR count). The van der Waals surface area contributed by atoms with E-state index in [0.717, 1.165) is 0 Å². The third-order valence-electron chi connectivity index (χ3n) is 3.16. The van der Waals surface area contributed by atoms with Crippen LogP contribution in [0.2, 0.25) is 0 Å². The summed E-state index contributed by atoms with van der Waals surface area (Å²) >= 11 is 0. The molecule has 0 saturated carbocycles. The van der Waals surface area contributed by atoms with Crippen LogP contribution < -0.4 is 5.32 Å². The summed E-state index contributed by atoms with van der Waals surface area (Å²) in [6.07, 6.45) is 0.0350. The van der Waals surface area contributed by atoms with Gasteiger partial charge in [-0.25, -0.2) is 4.39 Å². The summed E-state index contributed by atoms with van der Waals surface area (Å²) in [5.74, 6) is -1.65. The van der Waals surface area contributed by atoms with Crippen LogP contribution in [0.25, 0.3) is 0 Å². The second-order valence-corrected chi connectivity index (χ2v) is 4.52. The number of hydrogen-bond acceptors (Lipinski definition) is 3. The van der Waals surface area contributed by atoms with Crippen LogP contribution >= 0.6 is 0 Å². The molecular formula is C13H15FN2O3. The predicted octanol–water partition coefficient (Wildman–Crippen LogP) is 0.702. The highest BCUT2D eigenvalue weighted by Gasteiger charge is 2.32. The molecule has 5 nitrogen and oxygen atoms in total. The van der Waals surface area contributed by atoms with Gasteiger partial charge in [0.1, 0.15) is 5.82 Å². The number of carbonyl (C=O) groups excluding carboxylic acids is 2. The van der Waals surface area contributed by atoms with E-state index >= 15 is 0 Å². The highest BCUT2D eigenvalue weighted by molar-refractivity contribution is 6.01. The summed E-state index contributed by atoms with van der Waals surface area (Å²) in [5.41, 5.74) is 0.947. The number of rotatable bonds is 3. The first kappa shape index (κ1) is 13.5. The number of benzene rings is 1. The van der Waals surface area contributed by atoms with Crippen LogP contribution in [0, 0.1) is 5.82 Å². The highest BCUT2D eigenvalue weighted by atomic mass is 19.1. The van der Waals surface area contributed by atoms with E-state index < -0.39 is 11.7 Å². The number of halogens is 1. The average molecular weight is 266 g/mol.